The molecule has 0 saturated heterocycles. The number of rotatable bonds is 4. The van der Waals surface area contributed by atoms with Gasteiger partial charge in [-0.25, -0.2) is 0 Å². The van der Waals surface area contributed by atoms with Gasteiger partial charge < -0.3 is 9.15 Å². The molecule has 0 bridgehead atoms. The maximum atomic E-state index is 6.64. The molecular formula is C46H30O2. The van der Waals surface area contributed by atoms with Gasteiger partial charge in [0, 0.05) is 17.2 Å². The summed E-state index contributed by atoms with van der Waals surface area (Å²) in [6, 6.07) is 58.7. The average molecular weight is 615 g/mol. The quantitative estimate of drug-likeness (QED) is 0.184. The maximum absolute atomic E-state index is 6.64. The van der Waals surface area contributed by atoms with E-state index < -0.39 is 0 Å². The Hall–Kier alpha value is -6.12. The van der Waals surface area contributed by atoms with E-state index in [2.05, 4.69) is 164 Å². The summed E-state index contributed by atoms with van der Waals surface area (Å²) in [5.74, 6) is 0.964. The van der Waals surface area contributed by atoms with Gasteiger partial charge in [-0.2, -0.15) is 0 Å². The summed E-state index contributed by atoms with van der Waals surface area (Å²) in [7, 11) is 0. The van der Waals surface area contributed by atoms with Crippen molar-refractivity contribution in [2.24, 2.45) is 0 Å². The summed E-state index contributed by atoms with van der Waals surface area (Å²) >= 11 is 0. The molecular weight excluding hydrogens is 585 g/mol. The molecule has 1 atom stereocenters. The van der Waals surface area contributed by atoms with Crippen LogP contribution in [0.25, 0.3) is 76.9 Å². The third-order valence-electron chi connectivity index (χ3n) is 9.98. The fourth-order valence-electron chi connectivity index (χ4n) is 7.83. The molecule has 10 rings (SSSR count). The van der Waals surface area contributed by atoms with E-state index in [1.807, 2.05) is 0 Å². The Morgan fingerprint density at radius 2 is 1.04 bits per heavy atom. The number of para-hydroxylation sites is 1. The van der Waals surface area contributed by atoms with E-state index in [0.717, 1.165) is 45.2 Å². The Labute approximate surface area is 278 Å². The molecule has 0 spiro atoms. The van der Waals surface area contributed by atoms with Crippen molar-refractivity contribution in [1.29, 1.82) is 0 Å². The number of furan rings is 1. The highest BCUT2D eigenvalue weighted by atomic mass is 16.5. The van der Waals surface area contributed by atoms with Gasteiger partial charge in [-0.1, -0.05) is 133 Å². The monoisotopic (exact) mass is 614 g/mol. The van der Waals surface area contributed by atoms with E-state index >= 15 is 0 Å². The van der Waals surface area contributed by atoms with Crippen molar-refractivity contribution in [3.05, 3.63) is 175 Å². The molecule has 9 aromatic rings. The predicted molar refractivity (Wildman–Crippen MR) is 199 cm³/mol. The van der Waals surface area contributed by atoms with Crippen molar-refractivity contribution >= 4 is 43.5 Å². The van der Waals surface area contributed by atoms with Crippen LogP contribution in [0.2, 0.25) is 0 Å². The standard InChI is InChI=1S/C46H30O2/c1-3-13-29(14-4-1)42-28-33-25-31(23-24-40(33)47-42)32-26-39(46-38-21-11-12-22-41(38)48-43(46)27-32)45-36-19-9-7-17-34(36)44(30-15-5-2-6-16-30)35-18-8-10-20-37(35)45/h1-27,42H,28H2. The summed E-state index contributed by atoms with van der Waals surface area (Å²) in [4.78, 5) is 0. The average Bonchev–Trinajstić information content (AvgIpc) is 3.76. The van der Waals surface area contributed by atoms with Gasteiger partial charge in [0.15, 0.2) is 0 Å². The Morgan fingerprint density at radius 1 is 0.438 bits per heavy atom. The van der Waals surface area contributed by atoms with Crippen LogP contribution in [0.3, 0.4) is 0 Å². The molecule has 0 radical (unpaired) electrons. The Balaban J connectivity index is 1.25. The van der Waals surface area contributed by atoms with Gasteiger partial charge in [0.1, 0.15) is 23.0 Å². The first kappa shape index (κ1) is 27.0. The van der Waals surface area contributed by atoms with Crippen LogP contribution in [-0.2, 0) is 6.42 Å². The van der Waals surface area contributed by atoms with Crippen molar-refractivity contribution in [2.45, 2.75) is 12.5 Å². The van der Waals surface area contributed by atoms with E-state index in [1.165, 1.54) is 54.9 Å². The first-order valence-corrected chi connectivity index (χ1v) is 16.6. The molecule has 2 heteroatoms. The van der Waals surface area contributed by atoms with E-state index in [-0.39, 0.29) is 6.10 Å². The lowest BCUT2D eigenvalue weighted by atomic mass is 9.84. The molecule has 48 heavy (non-hydrogen) atoms. The SMILES string of the molecule is c1ccc(-c2c3ccccc3c(-c3cc(-c4ccc5c(c4)CC(c4ccccc4)O5)cc4oc5ccccc5c34)c3ccccc23)cc1. The normalized spacial score (nSPS) is 14.1. The van der Waals surface area contributed by atoms with Crippen molar-refractivity contribution in [3.63, 3.8) is 0 Å². The molecule has 0 fully saturated rings. The van der Waals surface area contributed by atoms with Gasteiger partial charge in [-0.05, 0) is 96.4 Å². The summed E-state index contributed by atoms with van der Waals surface area (Å²) in [5.41, 5.74) is 11.4. The highest BCUT2D eigenvalue weighted by Crippen LogP contribution is 2.48. The lowest BCUT2D eigenvalue weighted by molar-refractivity contribution is 0.238. The van der Waals surface area contributed by atoms with Gasteiger partial charge >= 0.3 is 0 Å². The zero-order chi connectivity index (χ0) is 31.6. The van der Waals surface area contributed by atoms with Crippen LogP contribution in [0.15, 0.2) is 168 Å². The number of hydrogen-bond donors (Lipinski definition) is 0. The second kappa shape index (κ2) is 10.7. The second-order valence-electron chi connectivity index (χ2n) is 12.7. The Morgan fingerprint density at radius 3 is 1.75 bits per heavy atom. The molecule has 2 nitrogen and oxygen atoms in total. The molecule has 0 aliphatic carbocycles. The van der Waals surface area contributed by atoms with Gasteiger partial charge in [0.25, 0.3) is 0 Å². The molecule has 0 N–H and O–H groups in total. The van der Waals surface area contributed by atoms with E-state index in [9.17, 15) is 0 Å². The highest BCUT2D eigenvalue weighted by Gasteiger charge is 2.26. The van der Waals surface area contributed by atoms with E-state index in [0.29, 0.717) is 0 Å². The zero-order valence-electron chi connectivity index (χ0n) is 26.2. The minimum absolute atomic E-state index is 0.0331. The summed E-state index contributed by atoms with van der Waals surface area (Å²) in [6.07, 6.45) is 0.883. The number of benzene rings is 8. The first-order valence-electron chi connectivity index (χ1n) is 16.6. The minimum Gasteiger partial charge on any atom is -0.485 e. The molecule has 1 aromatic heterocycles. The highest BCUT2D eigenvalue weighted by molar-refractivity contribution is 6.26. The lowest BCUT2D eigenvalue weighted by Crippen LogP contribution is -2.02. The van der Waals surface area contributed by atoms with Crippen LogP contribution in [0.4, 0.5) is 0 Å². The Kier molecular flexibility index (Phi) is 6.04. The maximum Gasteiger partial charge on any atom is 0.136 e. The molecule has 1 aliphatic heterocycles. The molecule has 1 unspecified atom stereocenters. The molecule has 2 heterocycles. The van der Waals surface area contributed by atoms with Crippen LogP contribution >= 0.6 is 0 Å². The fourth-order valence-corrected chi connectivity index (χ4v) is 7.83. The van der Waals surface area contributed by atoms with Crippen LogP contribution < -0.4 is 4.74 Å². The molecule has 1 aliphatic rings. The van der Waals surface area contributed by atoms with Crippen LogP contribution in [0.5, 0.6) is 5.75 Å². The second-order valence-corrected chi connectivity index (χ2v) is 12.7. The summed E-state index contributed by atoms with van der Waals surface area (Å²) < 4.78 is 13.0. The molecule has 0 saturated carbocycles. The van der Waals surface area contributed by atoms with Crippen molar-refractivity contribution in [1.82, 2.24) is 0 Å². The number of fused-ring (bicyclic) bond motifs is 6. The third-order valence-corrected chi connectivity index (χ3v) is 9.98. The lowest BCUT2D eigenvalue weighted by Gasteiger charge is -2.19. The van der Waals surface area contributed by atoms with Crippen molar-refractivity contribution < 1.29 is 9.15 Å². The van der Waals surface area contributed by atoms with Crippen molar-refractivity contribution in [3.8, 4) is 39.1 Å². The zero-order valence-corrected chi connectivity index (χ0v) is 26.2. The molecule has 8 aromatic carbocycles. The van der Waals surface area contributed by atoms with Crippen LogP contribution in [-0.4, -0.2) is 0 Å². The van der Waals surface area contributed by atoms with E-state index in [1.54, 1.807) is 0 Å². The van der Waals surface area contributed by atoms with Gasteiger partial charge in [0.05, 0.1) is 0 Å². The van der Waals surface area contributed by atoms with Crippen LogP contribution in [0.1, 0.15) is 17.2 Å². The molecule has 226 valence electrons. The third kappa shape index (κ3) is 4.19. The smallest absolute Gasteiger partial charge is 0.136 e. The largest absolute Gasteiger partial charge is 0.485 e. The summed E-state index contributed by atoms with van der Waals surface area (Å²) in [5, 5.41) is 7.21. The van der Waals surface area contributed by atoms with Crippen LogP contribution in [0, 0.1) is 0 Å². The van der Waals surface area contributed by atoms with Gasteiger partial charge in [-0.3, -0.25) is 0 Å². The molecule has 0 amide bonds. The van der Waals surface area contributed by atoms with Gasteiger partial charge in [-0.15, -0.1) is 0 Å². The van der Waals surface area contributed by atoms with Crippen molar-refractivity contribution in [2.75, 3.05) is 0 Å². The number of ether oxygens (including phenoxy) is 1. The predicted octanol–water partition coefficient (Wildman–Crippen LogP) is 12.6. The first-order chi connectivity index (χ1) is 23.8. The minimum atomic E-state index is 0.0331. The van der Waals surface area contributed by atoms with Gasteiger partial charge in [0.2, 0.25) is 0 Å². The fraction of sp³-hybridized carbons (Fsp3) is 0.0435. The van der Waals surface area contributed by atoms with E-state index in [4.69, 9.17) is 9.15 Å². The topological polar surface area (TPSA) is 22.4 Å². The summed E-state index contributed by atoms with van der Waals surface area (Å²) in [6.45, 7) is 0. The Bertz CT molecular complexity index is 2610. The number of hydrogen-bond acceptors (Lipinski definition) is 2.